The Morgan fingerprint density at radius 1 is 1.54 bits per heavy atom. The van der Waals surface area contributed by atoms with Gasteiger partial charge < -0.3 is 11.5 Å². The molecule has 70 valence electrons. The van der Waals surface area contributed by atoms with Crippen molar-refractivity contribution in [2.24, 2.45) is 11.5 Å². The van der Waals surface area contributed by atoms with Gasteiger partial charge in [-0.15, -0.1) is 0 Å². The second kappa shape index (κ2) is 3.53. The van der Waals surface area contributed by atoms with Crippen molar-refractivity contribution in [2.75, 3.05) is 0 Å². The number of carbonyl (C=O) groups is 1. The SMILES string of the molecule is Cc1ccc(C(N)C(N)=O)cc1F. The van der Waals surface area contributed by atoms with E-state index in [2.05, 4.69) is 0 Å². The molecule has 0 spiro atoms. The van der Waals surface area contributed by atoms with E-state index in [1.165, 1.54) is 6.07 Å². The van der Waals surface area contributed by atoms with Gasteiger partial charge in [-0.2, -0.15) is 0 Å². The fraction of sp³-hybridized carbons (Fsp3) is 0.222. The zero-order valence-electron chi connectivity index (χ0n) is 7.25. The Bertz CT molecular complexity index is 338. The summed E-state index contributed by atoms with van der Waals surface area (Å²) in [5, 5.41) is 0. The molecule has 0 saturated carbocycles. The van der Waals surface area contributed by atoms with Crippen LogP contribution in [0.4, 0.5) is 4.39 Å². The maximum atomic E-state index is 13.0. The lowest BCUT2D eigenvalue weighted by Crippen LogP contribution is -2.28. The third-order valence-electron chi connectivity index (χ3n) is 1.86. The molecule has 0 aliphatic carbocycles. The lowest BCUT2D eigenvalue weighted by Gasteiger charge is -2.08. The first-order valence-corrected chi connectivity index (χ1v) is 3.83. The Kier molecular flexibility index (Phi) is 2.63. The summed E-state index contributed by atoms with van der Waals surface area (Å²) < 4.78 is 13.0. The van der Waals surface area contributed by atoms with E-state index in [1.807, 2.05) is 0 Å². The predicted octanol–water partition coefficient (Wildman–Crippen LogP) is 0.619. The molecule has 4 N–H and O–H groups in total. The summed E-state index contributed by atoms with van der Waals surface area (Å²) in [6, 6.07) is 3.45. The maximum Gasteiger partial charge on any atom is 0.238 e. The molecule has 1 rings (SSSR count). The van der Waals surface area contributed by atoms with Crippen molar-refractivity contribution in [2.45, 2.75) is 13.0 Å². The van der Waals surface area contributed by atoms with Gasteiger partial charge in [0.1, 0.15) is 11.9 Å². The molecule has 1 aromatic carbocycles. The Morgan fingerprint density at radius 3 is 2.62 bits per heavy atom. The summed E-state index contributed by atoms with van der Waals surface area (Å²) in [4.78, 5) is 10.7. The largest absolute Gasteiger partial charge is 0.368 e. The Balaban J connectivity index is 3.03. The Hall–Kier alpha value is -1.42. The standard InChI is InChI=1S/C9H11FN2O/c1-5-2-3-6(4-7(5)10)8(11)9(12)13/h2-4,8H,11H2,1H3,(H2,12,13). The summed E-state index contributed by atoms with van der Waals surface area (Å²) >= 11 is 0. The van der Waals surface area contributed by atoms with Gasteiger partial charge in [0, 0.05) is 0 Å². The van der Waals surface area contributed by atoms with E-state index < -0.39 is 11.9 Å². The summed E-state index contributed by atoms with van der Waals surface area (Å²) in [6.45, 7) is 1.63. The van der Waals surface area contributed by atoms with Crippen molar-refractivity contribution in [3.63, 3.8) is 0 Å². The average Bonchev–Trinajstić information content (AvgIpc) is 2.08. The third kappa shape index (κ3) is 2.03. The van der Waals surface area contributed by atoms with E-state index >= 15 is 0 Å². The minimum absolute atomic E-state index is 0.380. The lowest BCUT2D eigenvalue weighted by atomic mass is 10.1. The first-order chi connectivity index (χ1) is 6.02. The molecule has 1 amide bonds. The van der Waals surface area contributed by atoms with Gasteiger partial charge in [-0.25, -0.2) is 4.39 Å². The van der Waals surface area contributed by atoms with E-state index in [-0.39, 0.29) is 5.82 Å². The highest BCUT2D eigenvalue weighted by Gasteiger charge is 2.12. The van der Waals surface area contributed by atoms with Gasteiger partial charge in [0.15, 0.2) is 0 Å². The van der Waals surface area contributed by atoms with Crippen LogP contribution in [0.3, 0.4) is 0 Å². The normalized spacial score (nSPS) is 12.5. The number of primary amides is 1. The maximum absolute atomic E-state index is 13.0. The summed E-state index contributed by atoms with van der Waals surface area (Å²) in [6.07, 6.45) is 0. The first kappa shape index (κ1) is 9.67. The number of carbonyl (C=O) groups excluding carboxylic acids is 1. The van der Waals surface area contributed by atoms with Crippen LogP contribution >= 0.6 is 0 Å². The van der Waals surface area contributed by atoms with Crippen LogP contribution in [0.1, 0.15) is 17.2 Å². The van der Waals surface area contributed by atoms with Crippen LogP contribution in [-0.4, -0.2) is 5.91 Å². The van der Waals surface area contributed by atoms with Crippen molar-refractivity contribution in [3.05, 3.63) is 35.1 Å². The molecule has 0 fully saturated rings. The third-order valence-corrected chi connectivity index (χ3v) is 1.86. The van der Waals surface area contributed by atoms with E-state index in [0.717, 1.165) is 0 Å². The average molecular weight is 182 g/mol. The van der Waals surface area contributed by atoms with Crippen molar-refractivity contribution >= 4 is 5.91 Å². The first-order valence-electron chi connectivity index (χ1n) is 3.83. The van der Waals surface area contributed by atoms with Crippen LogP contribution in [0.15, 0.2) is 18.2 Å². The Morgan fingerprint density at radius 2 is 2.15 bits per heavy atom. The molecular weight excluding hydrogens is 171 g/mol. The molecule has 1 atom stereocenters. The van der Waals surface area contributed by atoms with Crippen LogP contribution < -0.4 is 11.5 Å². The highest BCUT2D eigenvalue weighted by molar-refractivity contribution is 5.81. The number of halogens is 1. The van der Waals surface area contributed by atoms with Gasteiger partial charge in [0.05, 0.1) is 0 Å². The molecule has 13 heavy (non-hydrogen) atoms. The molecule has 0 aromatic heterocycles. The fourth-order valence-electron chi connectivity index (χ4n) is 0.967. The van der Waals surface area contributed by atoms with E-state index in [9.17, 15) is 9.18 Å². The lowest BCUT2D eigenvalue weighted by molar-refractivity contribution is -0.119. The molecule has 4 heteroatoms. The van der Waals surface area contributed by atoms with Gasteiger partial charge >= 0.3 is 0 Å². The van der Waals surface area contributed by atoms with Gasteiger partial charge in [-0.05, 0) is 24.1 Å². The highest BCUT2D eigenvalue weighted by Crippen LogP contribution is 2.14. The molecule has 1 aromatic rings. The number of amides is 1. The second-order valence-corrected chi connectivity index (χ2v) is 2.89. The topological polar surface area (TPSA) is 69.1 Å². The van der Waals surface area contributed by atoms with Crippen LogP contribution in [0.2, 0.25) is 0 Å². The number of nitrogens with two attached hydrogens (primary N) is 2. The Labute approximate surface area is 75.5 Å². The molecule has 0 aliphatic rings. The van der Waals surface area contributed by atoms with Crippen molar-refractivity contribution < 1.29 is 9.18 Å². The monoisotopic (exact) mass is 182 g/mol. The second-order valence-electron chi connectivity index (χ2n) is 2.89. The van der Waals surface area contributed by atoms with E-state index in [0.29, 0.717) is 11.1 Å². The zero-order valence-corrected chi connectivity index (χ0v) is 7.25. The highest BCUT2D eigenvalue weighted by atomic mass is 19.1. The van der Waals surface area contributed by atoms with Gasteiger partial charge in [0.25, 0.3) is 0 Å². The minimum Gasteiger partial charge on any atom is -0.368 e. The number of hydrogen-bond donors (Lipinski definition) is 2. The number of benzene rings is 1. The van der Waals surface area contributed by atoms with E-state index in [4.69, 9.17) is 11.5 Å². The summed E-state index contributed by atoms with van der Waals surface area (Å²) in [7, 11) is 0. The van der Waals surface area contributed by atoms with Gasteiger partial charge in [-0.3, -0.25) is 4.79 Å². The van der Waals surface area contributed by atoms with Crippen LogP contribution in [0.5, 0.6) is 0 Å². The van der Waals surface area contributed by atoms with Crippen LogP contribution in [0.25, 0.3) is 0 Å². The number of rotatable bonds is 2. The minimum atomic E-state index is -0.935. The quantitative estimate of drug-likeness (QED) is 0.703. The van der Waals surface area contributed by atoms with Gasteiger partial charge in [-0.1, -0.05) is 12.1 Å². The van der Waals surface area contributed by atoms with Crippen molar-refractivity contribution in [1.82, 2.24) is 0 Å². The molecule has 0 bridgehead atoms. The number of aryl methyl sites for hydroxylation is 1. The van der Waals surface area contributed by atoms with Crippen molar-refractivity contribution in [1.29, 1.82) is 0 Å². The molecular formula is C9H11FN2O. The number of hydrogen-bond acceptors (Lipinski definition) is 2. The molecule has 0 heterocycles. The summed E-state index contributed by atoms with van der Waals surface area (Å²) in [5.74, 6) is -1.04. The fourth-order valence-corrected chi connectivity index (χ4v) is 0.967. The molecule has 3 nitrogen and oxygen atoms in total. The smallest absolute Gasteiger partial charge is 0.238 e. The molecule has 0 radical (unpaired) electrons. The molecule has 0 aliphatic heterocycles. The van der Waals surface area contributed by atoms with E-state index in [1.54, 1.807) is 19.1 Å². The molecule has 1 unspecified atom stereocenters. The van der Waals surface area contributed by atoms with Crippen LogP contribution in [0, 0.1) is 12.7 Å². The van der Waals surface area contributed by atoms with Crippen LogP contribution in [-0.2, 0) is 4.79 Å². The summed E-state index contributed by atoms with van der Waals surface area (Å²) in [5.41, 5.74) is 11.3. The predicted molar refractivity (Wildman–Crippen MR) is 47.3 cm³/mol. The van der Waals surface area contributed by atoms with Gasteiger partial charge in [0.2, 0.25) is 5.91 Å². The zero-order chi connectivity index (χ0) is 10.0. The molecule has 0 saturated heterocycles. The van der Waals surface area contributed by atoms with Crippen molar-refractivity contribution in [3.8, 4) is 0 Å².